The van der Waals surface area contributed by atoms with E-state index in [-0.39, 0.29) is 13.2 Å². The molecule has 0 rings (SSSR count). The van der Waals surface area contributed by atoms with E-state index in [1.165, 1.54) is 0 Å². The molecule has 12 heavy (non-hydrogen) atoms. The van der Waals surface area contributed by atoms with Crippen LogP contribution in [-0.2, 0) is 4.74 Å². The van der Waals surface area contributed by atoms with Crippen LogP contribution in [0.5, 0.6) is 0 Å². The summed E-state index contributed by atoms with van der Waals surface area (Å²) < 4.78 is 5.06. The van der Waals surface area contributed by atoms with Gasteiger partial charge in [-0.1, -0.05) is 13.8 Å². The number of ether oxygens (including phenoxy) is 1. The zero-order chi connectivity index (χ0) is 9.40. The number of aliphatic hydroxyl groups is 2. The molecule has 0 saturated carbocycles. The third kappa shape index (κ3) is 7.94. The van der Waals surface area contributed by atoms with Gasteiger partial charge in [0, 0.05) is 12.6 Å². The zero-order valence-electron chi connectivity index (χ0n) is 7.79. The Labute approximate surface area is 73.5 Å². The van der Waals surface area contributed by atoms with Crippen molar-refractivity contribution in [2.75, 3.05) is 26.4 Å². The highest BCUT2D eigenvalue weighted by molar-refractivity contribution is 4.53. The third-order valence-electron chi connectivity index (χ3n) is 1.32. The Morgan fingerprint density at radius 1 is 1.42 bits per heavy atom. The molecule has 0 heterocycles. The van der Waals surface area contributed by atoms with Crippen LogP contribution in [0, 0.1) is 0 Å². The molecule has 0 aromatic heterocycles. The van der Waals surface area contributed by atoms with Gasteiger partial charge in [-0.25, -0.2) is 0 Å². The molecule has 0 saturated heterocycles. The maximum absolute atomic E-state index is 8.87. The molecular weight excluding hydrogens is 158 g/mol. The average molecular weight is 177 g/mol. The van der Waals surface area contributed by atoms with E-state index in [9.17, 15) is 0 Å². The largest absolute Gasteiger partial charge is 0.394 e. The van der Waals surface area contributed by atoms with Gasteiger partial charge in [0.2, 0.25) is 0 Å². The van der Waals surface area contributed by atoms with Crippen molar-refractivity contribution in [2.45, 2.75) is 26.0 Å². The number of rotatable bonds is 7. The summed E-state index contributed by atoms with van der Waals surface area (Å²) in [6, 6.07) is 0.455. The summed E-state index contributed by atoms with van der Waals surface area (Å²) in [7, 11) is 0. The molecule has 0 bridgehead atoms. The van der Waals surface area contributed by atoms with Crippen LogP contribution in [0.3, 0.4) is 0 Å². The van der Waals surface area contributed by atoms with Crippen LogP contribution in [-0.4, -0.2) is 48.7 Å². The van der Waals surface area contributed by atoms with Gasteiger partial charge in [-0.05, 0) is 0 Å². The summed E-state index contributed by atoms with van der Waals surface area (Å²) in [6.45, 7) is 5.42. The van der Waals surface area contributed by atoms with E-state index in [4.69, 9.17) is 14.9 Å². The lowest BCUT2D eigenvalue weighted by Gasteiger charge is -2.10. The first-order valence-corrected chi connectivity index (χ1v) is 4.27. The quantitative estimate of drug-likeness (QED) is 0.452. The van der Waals surface area contributed by atoms with E-state index >= 15 is 0 Å². The van der Waals surface area contributed by atoms with E-state index in [0.717, 1.165) is 6.54 Å². The Bertz CT molecular complexity index is 98.3. The zero-order valence-corrected chi connectivity index (χ0v) is 7.79. The molecule has 4 nitrogen and oxygen atoms in total. The second kappa shape index (κ2) is 7.49. The first kappa shape index (κ1) is 11.8. The average Bonchev–Trinajstić information content (AvgIpc) is 2.03. The maximum atomic E-state index is 8.87. The number of hydrogen-bond acceptors (Lipinski definition) is 4. The summed E-state index contributed by atoms with van der Waals surface area (Å²) in [6.07, 6.45) is -0.746. The lowest BCUT2D eigenvalue weighted by Crippen LogP contribution is -2.28. The summed E-state index contributed by atoms with van der Waals surface area (Å²) in [5.41, 5.74) is 0. The van der Waals surface area contributed by atoms with Crippen molar-refractivity contribution in [2.24, 2.45) is 0 Å². The van der Waals surface area contributed by atoms with Crippen LogP contribution in [0.2, 0.25) is 0 Å². The van der Waals surface area contributed by atoms with Crippen LogP contribution in [0.25, 0.3) is 0 Å². The summed E-state index contributed by atoms with van der Waals surface area (Å²) >= 11 is 0. The van der Waals surface area contributed by atoms with Crippen molar-refractivity contribution in [3.8, 4) is 0 Å². The molecule has 0 aliphatic rings. The molecule has 0 spiro atoms. The van der Waals surface area contributed by atoms with E-state index in [2.05, 4.69) is 19.2 Å². The molecule has 0 aliphatic carbocycles. The Hall–Kier alpha value is -0.160. The van der Waals surface area contributed by atoms with Crippen LogP contribution >= 0.6 is 0 Å². The number of aliphatic hydroxyl groups excluding tert-OH is 2. The maximum Gasteiger partial charge on any atom is 0.100 e. The lowest BCUT2D eigenvalue weighted by atomic mass is 10.4. The Morgan fingerprint density at radius 3 is 2.58 bits per heavy atom. The van der Waals surface area contributed by atoms with Gasteiger partial charge < -0.3 is 20.3 Å². The Morgan fingerprint density at radius 2 is 2.08 bits per heavy atom. The normalized spacial score (nSPS) is 13.8. The van der Waals surface area contributed by atoms with Crippen molar-refractivity contribution in [1.29, 1.82) is 0 Å². The highest BCUT2D eigenvalue weighted by Crippen LogP contribution is 1.83. The molecule has 0 radical (unpaired) electrons. The van der Waals surface area contributed by atoms with Gasteiger partial charge in [-0.2, -0.15) is 0 Å². The minimum Gasteiger partial charge on any atom is -0.394 e. The molecule has 4 heteroatoms. The van der Waals surface area contributed by atoms with Crippen LogP contribution < -0.4 is 5.32 Å². The monoisotopic (exact) mass is 177 g/mol. The van der Waals surface area contributed by atoms with Crippen molar-refractivity contribution in [1.82, 2.24) is 5.32 Å². The number of nitrogens with one attached hydrogen (secondary N) is 1. The first-order chi connectivity index (χ1) is 5.66. The van der Waals surface area contributed by atoms with Gasteiger partial charge in [-0.3, -0.25) is 0 Å². The molecule has 1 atom stereocenters. The van der Waals surface area contributed by atoms with Crippen molar-refractivity contribution in [3.05, 3.63) is 0 Å². The Kier molecular flexibility index (Phi) is 7.39. The SMILES string of the molecule is CC(C)NCCOCC(O)CO. The molecule has 74 valence electrons. The van der Waals surface area contributed by atoms with Crippen LogP contribution in [0.4, 0.5) is 0 Å². The molecular formula is C8H19NO3. The molecule has 0 aliphatic heterocycles. The summed E-state index contributed by atoms with van der Waals surface area (Å²) in [5, 5.41) is 20.5. The first-order valence-electron chi connectivity index (χ1n) is 4.27. The molecule has 1 unspecified atom stereocenters. The van der Waals surface area contributed by atoms with Crippen LogP contribution in [0.1, 0.15) is 13.8 Å². The predicted octanol–water partition coefficient (Wildman–Crippen LogP) is -0.646. The highest BCUT2D eigenvalue weighted by Gasteiger charge is 2.00. The second-order valence-corrected chi connectivity index (χ2v) is 3.02. The second-order valence-electron chi connectivity index (χ2n) is 3.02. The smallest absolute Gasteiger partial charge is 0.100 e. The summed E-state index contributed by atoms with van der Waals surface area (Å²) in [5.74, 6) is 0. The van der Waals surface area contributed by atoms with Crippen molar-refractivity contribution >= 4 is 0 Å². The fourth-order valence-corrected chi connectivity index (χ4v) is 0.692. The molecule has 3 N–H and O–H groups in total. The fraction of sp³-hybridized carbons (Fsp3) is 1.00. The lowest BCUT2D eigenvalue weighted by molar-refractivity contribution is 0.00704. The van der Waals surface area contributed by atoms with E-state index in [0.29, 0.717) is 12.6 Å². The molecule has 0 aromatic carbocycles. The predicted molar refractivity (Wildman–Crippen MR) is 47.1 cm³/mol. The van der Waals surface area contributed by atoms with Crippen molar-refractivity contribution in [3.63, 3.8) is 0 Å². The van der Waals surface area contributed by atoms with E-state index < -0.39 is 6.10 Å². The minimum absolute atomic E-state index is 0.205. The summed E-state index contributed by atoms with van der Waals surface area (Å²) in [4.78, 5) is 0. The standard InChI is InChI=1S/C8H19NO3/c1-7(2)9-3-4-12-6-8(11)5-10/h7-11H,3-6H2,1-2H3. The Balaban J connectivity index is 3.00. The third-order valence-corrected chi connectivity index (χ3v) is 1.32. The fourth-order valence-electron chi connectivity index (χ4n) is 0.692. The topological polar surface area (TPSA) is 61.7 Å². The number of hydrogen-bond donors (Lipinski definition) is 3. The molecule has 0 amide bonds. The van der Waals surface area contributed by atoms with Crippen LogP contribution in [0.15, 0.2) is 0 Å². The van der Waals surface area contributed by atoms with Gasteiger partial charge in [-0.15, -0.1) is 0 Å². The van der Waals surface area contributed by atoms with E-state index in [1.807, 2.05) is 0 Å². The molecule has 0 fully saturated rings. The van der Waals surface area contributed by atoms with Gasteiger partial charge in [0.25, 0.3) is 0 Å². The highest BCUT2D eigenvalue weighted by atomic mass is 16.5. The van der Waals surface area contributed by atoms with E-state index in [1.54, 1.807) is 0 Å². The van der Waals surface area contributed by atoms with Gasteiger partial charge in [0.05, 0.1) is 19.8 Å². The van der Waals surface area contributed by atoms with Gasteiger partial charge in [0.1, 0.15) is 6.10 Å². The van der Waals surface area contributed by atoms with Gasteiger partial charge in [0.15, 0.2) is 0 Å². The van der Waals surface area contributed by atoms with Crippen molar-refractivity contribution < 1.29 is 14.9 Å². The molecule has 0 aromatic rings. The van der Waals surface area contributed by atoms with Gasteiger partial charge >= 0.3 is 0 Å². The minimum atomic E-state index is -0.746.